The summed E-state index contributed by atoms with van der Waals surface area (Å²) in [6.07, 6.45) is 8.09. The molecular weight excluding hydrogens is 318 g/mol. The minimum absolute atomic E-state index is 0.0724. The van der Waals surface area contributed by atoms with Gasteiger partial charge in [-0.05, 0) is 67.1 Å². The first-order valence-electron chi connectivity index (χ1n) is 10.2. The summed E-state index contributed by atoms with van der Waals surface area (Å²) in [4.78, 5) is 0. The van der Waals surface area contributed by atoms with Crippen LogP contribution >= 0.6 is 0 Å². The lowest BCUT2D eigenvalue weighted by Crippen LogP contribution is -2.33. The lowest BCUT2D eigenvalue weighted by Gasteiger charge is -2.36. The maximum absolute atomic E-state index is 12.4. The summed E-state index contributed by atoms with van der Waals surface area (Å²) in [5, 5.41) is 0. The van der Waals surface area contributed by atoms with E-state index in [4.69, 9.17) is 4.74 Å². The number of alkyl halides is 2. The fourth-order valence-electron chi connectivity index (χ4n) is 4.53. The summed E-state index contributed by atoms with van der Waals surface area (Å²) in [5.41, 5.74) is 4.26. The fourth-order valence-corrected chi connectivity index (χ4v) is 4.53. The Bertz CT molecular complexity index is 535. The van der Waals surface area contributed by atoms with Gasteiger partial charge in [0.1, 0.15) is 0 Å². The summed E-state index contributed by atoms with van der Waals surface area (Å²) in [6.45, 7) is 2.97. The predicted molar refractivity (Wildman–Crippen MR) is 98.0 cm³/mol. The SMILES string of the molecule is CCCCc1ccc2c(c1)COC(C1CCC(CCC(F)F)CC1)C2. The zero-order chi connectivity index (χ0) is 17.6. The molecule has 0 amide bonds. The molecule has 2 aliphatic rings. The van der Waals surface area contributed by atoms with Gasteiger partial charge in [-0.15, -0.1) is 0 Å². The van der Waals surface area contributed by atoms with Crippen LogP contribution in [0.5, 0.6) is 0 Å². The first kappa shape index (κ1) is 18.8. The zero-order valence-electron chi connectivity index (χ0n) is 15.5. The number of halogens is 2. The number of rotatable bonds is 7. The van der Waals surface area contributed by atoms with E-state index < -0.39 is 6.43 Å². The van der Waals surface area contributed by atoms with E-state index in [0.717, 1.165) is 45.1 Å². The molecule has 0 saturated heterocycles. The van der Waals surface area contributed by atoms with Gasteiger partial charge < -0.3 is 4.74 Å². The molecule has 1 saturated carbocycles. The molecule has 1 aromatic rings. The highest BCUT2D eigenvalue weighted by Crippen LogP contribution is 2.37. The smallest absolute Gasteiger partial charge is 0.238 e. The van der Waals surface area contributed by atoms with E-state index in [0.29, 0.717) is 24.4 Å². The van der Waals surface area contributed by atoms with Crippen LogP contribution in [-0.2, 0) is 24.2 Å². The summed E-state index contributed by atoms with van der Waals surface area (Å²) < 4.78 is 31.0. The number of unbranched alkanes of at least 4 members (excludes halogenated alkanes) is 1. The average Bonchev–Trinajstić information content (AvgIpc) is 2.64. The third-order valence-electron chi connectivity index (χ3n) is 6.17. The van der Waals surface area contributed by atoms with Crippen LogP contribution in [0.1, 0.15) is 75.0 Å². The zero-order valence-corrected chi connectivity index (χ0v) is 15.5. The van der Waals surface area contributed by atoms with Crippen molar-refractivity contribution in [3.63, 3.8) is 0 Å². The molecule has 0 spiro atoms. The highest BCUT2D eigenvalue weighted by Gasteiger charge is 2.31. The van der Waals surface area contributed by atoms with Crippen LogP contribution in [0.4, 0.5) is 8.78 Å². The molecule has 1 aliphatic heterocycles. The topological polar surface area (TPSA) is 9.23 Å². The lowest BCUT2D eigenvalue weighted by molar-refractivity contribution is -0.0252. The molecule has 0 bridgehead atoms. The van der Waals surface area contributed by atoms with Crippen LogP contribution in [0.2, 0.25) is 0 Å². The van der Waals surface area contributed by atoms with E-state index in [2.05, 4.69) is 25.1 Å². The second-order valence-corrected chi connectivity index (χ2v) is 8.01. The molecule has 0 N–H and O–H groups in total. The minimum atomic E-state index is -2.14. The van der Waals surface area contributed by atoms with E-state index >= 15 is 0 Å². The van der Waals surface area contributed by atoms with Crippen molar-refractivity contribution in [2.75, 3.05) is 0 Å². The van der Waals surface area contributed by atoms with Crippen molar-refractivity contribution in [1.82, 2.24) is 0 Å². The third-order valence-corrected chi connectivity index (χ3v) is 6.17. The van der Waals surface area contributed by atoms with Crippen LogP contribution < -0.4 is 0 Å². The molecule has 1 heterocycles. The standard InChI is InChI=1S/C22H32F2O/c1-2-3-4-17-7-11-19-14-21(25-15-20(19)13-17)18-9-5-16(6-10-18)8-12-22(23)24/h7,11,13,16,18,21-22H,2-6,8-10,12,14-15H2,1H3. The molecule has 1 atom stereocenters. The highest BCUT2D eigenvalue weighted by molar-refractivity contribution is 5.33. The molecule has 0 radical (unpaired) electrons. The van der Waals surface area contributed by atoms with Crippen LogP contribution in [0.25, 0.3) is 0 Å². The molecule has 1 fully saturated rings. The van der Waals surface area contributed by atoms with E-state index in [-0.39, 0.29) is 6.42 Å². The van der Waals surface area contributed by atoms with E-state index in [1.165, 1.54) is 29.5 Å². The number of hydrogen-bond donors (Lipinski definition) is 0. The molecule has 1 aromatic carbocycles. The van der Waals surface area contributed by atoms with Crippen molar-refractivity contribution in [2.45, 2.75) is 90.3 Å². The number of fused-ring (bicyclic) bond motifs is 1. The van der Waals surface area contributed by atoms with Gasteiger partial charge in [0.15, 0.2) is 0 Å². The molecule has 3 rings (SSSR count). The Labute approximate surface area is 151 Å². The number of benzene rings is 1. The summed E-state index contributed by atoms with van der Waals surface area (Å²) in [5.74, 6) is 1.11. The van der Waals surface area contributed by atoms with E-state index in [9.17, 15) is 8.78 Å². The Morgan fingerprint density at radius 3 is 2.64 bits per heavy atom. The van der Waals surface area contributed by atoms with Crippen molar-refractivity contribution in [2.24, 2.45) is 11.8 Å². The molecule has 25 heavy (non-hydrogen) atoms. The molecule has 3 heteroatoms. The molecule has 1 unspecified atom stereocenters. The quantitative estimate of drug-likeness (QED) is 0.559. The van der Waals surface area contributed by atoms with Gasteiger partial charge in [0.2, 0.25) is 6.43 Å². The molecule has 1 nitrogen and oxygen atoms in total. The van der Waals surface area contributed by atoms with Gasteiger partial charge in [-0.25, -0.2) is 8.78 Å². The first-order chi connectivity index (χ1) is 12.2. The van der Waals surface area contributed by atoms with Gasteiger partial charge in [-0.2, -0.15) is 0 Å². The van der Waals surface area contributed by atoms with Crippen LogP contribution in [-0.4, -0.2) is 12.5 Å². The largest absolute Gasteiger partial charge is 0.373 e. The van der Waals surface area contributed by atoms with Gasteiger partial charge in [0.05, 0.1) is 12.7 Å². The maximum Gasteiger partial charge on any atom is 0.238 e. The number of ether oxygens (including phenoxy) is 1. The van der Waals surface area contributed by atoms with Gasteiger partial charge in [0, 0.05) is 6.42 Å². The van der Waals surface area contributed by atoms with Crippen molar-refractivity contribution in [3.8, 4) is 0 Å². The van der Waals surface area contributed by atoms with Crippen molar-refractivity contribution >= 4 is 0 Å². The van der Waals surface area contributed by atoms with E-state index in [1.807, 2.05) is 0 Å². The lowest BCUT2D eigenvalue weighted by atomic mass is 9.76. The van der Waals surface area contributed by atoms with Gasteiger partial charge in [-0.1, -0.05) is 44.4 Å². The second-order valence-electron chi connectivity index (χ2n) is 8.01. The summed E-state index contributed by atoms with van der Waals surface area (Å²) in [7, 11) is 0. The Morgan fingerprint density at radius 2 is 1.92 bits per heavy atom. The Hall–Kier alpha value is -0.960. The van der Waals surface area contributed by atoms with Gasteiger partial charge >= 0.3 is 0 Å². The minimum Gasteiger partial charge on any atom is -0.373 e. The molecular formula is C22H32F2O. The first-order valence-corrected chi connectivity index (χ1v) is 10.2. The Kier molecular flexibility index (Phi) is 6.86. The van der Waals surface area contributed by atoms with Crippen LogP contribution in [0, 0.1) is 11.8 Å². The molecule has 0 aromatic heterocycles. The summed E-state index contributed by atoms with van der Waals surface area (Å²) >= 11 is 0. The van der Waals surface area contributed by atoms with Crippen molar-refractivity contribution in [1.29, 1.82) is 0 Å². The predicted octanol–water partition coefficient (Wildman–Crippen LogP) is 6.32. The Morgan fingerprint density at radius 1 is 1.12 bits per heavy atom. The normalized spacial score (nSPS) is 26.6. The van der Waals surface area contributed by atoms with Crippen LogP contribution in [0.15, 0.2) is 18.2 Å². The maximum atomic E-state index is 12.4. The number of hydrogen-bond acceptors (Lipinski definition) is 1. The Balaban J connectivity index is 1.50. The highest BCUT2D eigenvalue weighted by atomic mass is 19.3. The van der Waals surface area contributed by atoms with Gasteiger partial charge in [0.25, 0.3) is 0 Å². The van der Waals surface area contributed by atoms with E-state index in [1.54, 1.807) is 0 Å². The average molecular weight is 350 g/mol. The van der Waals surface area contributed by atoms with Crippen molar-refractivity contribution < 1.29 is 13.5 Å². The summed E-state index contributed by atoms with van der Waals surface area (Å²) in [6, 6.07) is 6.94. The molecule has 1 aliphatic carbocycles. The monoisotopic (exact) mass is 350 g/mol. The van der Waals surface area contributed by atoms with Crippen molar-refractivity contribution in [3.05, 3.63) is 34.9 Å². The van der Waals surface area contributed by atoms with Crippen LogP contribution in [0.3, 0.4) is 0 Å². The number of aryl methyl sites for hydroxylation is 1. The fraction of sp³-hybridized carbons (Fsp3) is 0.727. The van der Waals surface area contributed by atoms with Gasteiger partial charge in [-0.3, -0.25) is 0 Å². The third kappa shape index (κ3) is 5.26. The second kappa shape index (κ2) is 9.12. The molecule has 140 valence electrons.